The van der Waals surface area contributed by atoms with E-state index >= 15 is 0 Å². The van der Waals surface area contributed by atoms with Crippen LogP contribution in [0.1, 0.15) is 44.1 Å². The largest absolute Gasteiger partial charge is 0.449 e. The molecule has 1 aliphatic carbocycles. The molecular weight excluding hydrogens is 350 g/mol. The number of carbonyl (C=O) groups is 2. The highest BCUT2D eigenvalue weighted by Gasteiger charge is 2.26. The first-order valence-electron chi connectivity index (χ1n) is 9.66. The van der Waals surface area contributed by atoms with Gasteiger partial charge in [0.25, 0.3) is 0 Å². The predicted molar refractivity (Wildman–Crippen MR) is 95.0 cm³/mol. The zero-order chi connectivity index (χ0) is 19.1. The SMILES string of the molecule is O=C(NCc1ccc[n+](O)c1)OC1CCC(COC(=O)N2CCCC2)CC1. The fourth-order valence-electron chi connectivity index (χ4n) is 3.58. The van der Waals surface area contributed by atoms with Crippen molar-refractivity contribution in [3.8, 4) is 0 Å². The Morgan fingerprint density at radius 1 is 1.22 bits per heavy atom. The number of likely N-dealkylation sites (tertiary alicyclic amines) is 1. The average Bonchev–Trinajstić information content (AvgIpc) is 3.21. The van der Waals surface area contributed by atoms with Gasteiger partial charge in [-0.1, -0.05) is 0 Å². The van der Waals surface area contributed by atoms with E-state index in [0.29, 0.717) is 19.1 Å². The van der Waals surface area contributed by atoms with Gasteiger partial charge in [-0.15, -0.1) is 0 Å². The summed E-state index contributed by atoms with van der Waals surface area (Å²) >= 11 is 0. The number of aromatic nitrogens is 1. The fraction of sp³-hybridized carbons (Fsp3) is 0.632. The molecule has 2 fully saturated rings. The topological polar surface area (TPSA) is 92.0 Å². The fourth-order valence-corrected chi connectivity index (χ4v) is 3.58. The van der Waals surface area contributed by atoms with Crippen LogP contribution in [-0.2, 0) is 16.0 Å². The summed E-state index contributed by atoms with van der Waals surface area (Å²) in [6.07, 6.45) is 7.72. The Labute approximate surface area is 159 Å². The molecule has 2 amide bonds. The van der Waals surface area contributed by atoms with Gasteiger partial charge in [0, 0.05) is 29.4 Å². The summed E-state index contributed by atoms with van der Waals surface area (Å²) in [6, 6.07) is 3.50. The number of amides is 2. The number of pyridine rings is 1. The summed E-state index contributed by atoms with van der Waals surface area (Å²) in [5, 5.41) is 12.0. The van der Waals surface area contributed by atoms with Crippen LogP contribution < -0.4 is 10.0 Å². The van der Waals surface area contributed by atoms with Crippen LogP contribution in [0.4, 0.5) is 9.59 Å². The van der Waals surface area contributed by atoms with Crippen LogP contribution in [0.3, 0.4) is 0 Å². The Morgan fingerprint density at radius 2 is 1.96 bits per heavy atom. The van der Waals surface area contributed by atoms with Gasteiger partial charge in [0.15, 0.2) is 0 Å². The Morgan fingerprint density at radius 3 is 2.67 bits per heavy atom. The van der Waals surface area contributed by atoms with Gasteiger partial charge in [-0.25, -0.2) is 9.59 Å². The third-order valence-electron chi connectivity index (χ3n) is 5.16. The molecule has 1 saturated carbocycles. The van der Waals surface area contributed by atoms with Gasteiger partial charge in [-0.05, 0) is 50.5 Å². The lowest BCUT2D eigenvalue weighted by Gasteiger charge is -2.28. The first-order chi connectivity index (χ1) is 13.1. The zero-order valence-electron chi connectivity index (χ0n) is 15.5. The third kappa shape index (κ3) is 6.01. The molecule has 2 N–H and O–H groups in total. The van der Waals surface area contributed by atoms with E-state index in [1.807, 2.05) is 6.07 Å². The second-order valence-electron chi connectivity index (χ2n) is 7.26. The lowest BCUT2D eigenvalue weighted by Crippen LogP contribution is -2.34. The van der Waals surface area contributed by atoms with Crippen LogP contribution >= 0.6 is 0 Å². The number of hydrogen-bond acceptors (Lipinski definition) is 5. The summed E-state index contributed by atoms with van der Waals surface area (Å²) in [4.78, 5) is 25.6. The molecule has 1 aromatic heterocycles. The molecule has 8 nitrogen and oxygen atoms in total. The molecule has 148 valence electrons. The minimum atomic E-state index is -0.452. The molecule has 0 atom stereocenters. The summed E-state index contributed by atoms with van der Waals surface area (Å²) in [5.41, 5.74) is 0.778. The summed E-state index contributed by atoms with van der Waals surface area (Å²) in [5.74, 6) is 0.337. The van der Waals surface area contributed by atoms with Crippen LogP contribution in [0.2, 0.25) is 0 Å². The van der Waals surface area contributed by atoms with Crippen molar-refractivity contribution in [2.45, 2.75) is 51.2 Å². The second-order valence-corrected chi connectivity index (χ2v) is 7.26. The maximum absolute atomic E-state index is 11.9. The molecule has 27 heavy (non-hydrogen) atoms. The number of carbonyl (C=O) groups excluding carboxylic acids is 2. The van der Waals surface area contributed by atoms with Crippen molar-refractivity contribution >= 4 is 12.2 Å². The van der Waals surface area contributed by atoms with E-state index in [2.05, 4.69) is 5.32 Å². The molecule has 0 aromatic carbocycles. The van der Waals surface area contributed by atoms with Crippen molar-refractivity contribution in [1.29, 1.82) is 0 Å². The molecule has 8 heteroatoms. The normalized spacial score (nSPS) is 22.3. The molecular formula is C19H28N3O5+. The maximum Gasteiger partial charge on any atom is 0.409 e. The van der Waals surface area contributed by atoms with Gasteiger partial charge >= 0.3 is 12.2 Å². The molecule has 2 aliphatic rings. The molecule has 0 bridgehead atoms. The van der Waals surface area contributed by atoms with Crippen LogP contribution in [0.25, 0.3) is 0 Å². The summed E-state index contributed by atoms with van der Waals surface area (Å²) in [7, 11) is 0. The van der Waals surface area contributed by atoms with Crippen molar-refractivity contribution in [1.82, 2.24) is 10.2 Å². The molecule has 0 unspecified atom stereocenters. The highest BCUT2D eigenvalue weighted by molar-refractivity contribution is 5.68. The molecule has 1 aromatic rings. The third-order valence-corrected chi connectivity index (χ3v) is 5.16. The molecule has 1 saturated heterocycles. The van der Waals surface area contributed by atoms with Crippen molar-refractivity contribution in [3.63, 3.8) is 0 Å². The van der Waals surface area contributed by atoms with Gasteiger partial charge in [0.2, 0.25) is 12.4 Å². The van der Waals surface area contributed by atoms with E-state index in [9.17, 15) is 14.8 Å². The van der Waals surface area contributed by atoms with Crippen LogP contribution in [0.15, 0.2) is 24.5 Å². The molecule has 3 rings (SSSR count). The molecule has 0 radical (unpaired) electrons. The summed E-state index contributed by atoms with van der Waals surface area (Å²) in [6.45, 7) is 2.34. The Balaban J connectivity index is 1.30. The minimum absolute atomic E-state index is 0.103. The summed E-state index contributed by atoms with van der Waals surface area (Å²) < 4.78 is 11.8. The number of rotatable bonds is 5. The number of alkyl carbamates (subject to hydrolysis) is 1. The highest BCUT2D eigenvalue weighted by Crippen LogP contribution is 2.27. The molecule has 2 heterocycles. The van der Waals surface area contributed by atoms with E-state index < -0.39 is 6.09 Å². The van der Waals surface area contributed by atoms with Gasteiger partial charge in [-0.3, -0.25) is 5.21 Å². The first kappa shape index (κ1) is 19.3. The van der Waals surface area contributed by atoms with Gasteiger partial charge in [-0.2, -0.15) is 0 Å². The highest BCUT2D eigenvalue weighted by atomic mass is 16.6. The van der Waals surface area contributed by atoms with Crippen molar-refractivity contribution < 1.29 is 29.0 Å². The number of hydrogen-bond donors (Lipinski definition) is 2. The van der Waals surface area contributed by atoms with E-state index in [4.69, 9.17) is 9.47 Å². The predicted octanol–water partition coefficient (Wildman–Crippen LogP) is 2.23. The van der Waals surface area contributed by atoms with Crippen molar-refractivity contribution in [2.24, 2.45) is 5.92 Å². The molecule has 1 aliphatic heterocycles. The first-order valence-corrected chi connectivity index (χ1v) is 9.66. The Bertz CT molecular complexity index is 640. The van der Waals surface area contributed by atoms with Gasteiger partial charge in [0.1, 0.15) is 6.10 Å². The number of ether oxygens (including phenoxy) is 2. The van der Waals surface area contributed by atoms with E-state index in [1.54, 1.807) is 11.0 Å². The van der Waals surface area contributed by atoms with E-state index in [0.717, 1.165) is 61.9 Å². The Kier molecular flexibility index (Phi) is 6.73. The van der Waals surface area contributed by atoms with Crippen molar-refractivity contribution in [3.05, 3.63) is 30.1 Å². The Hall–Kier alpha value is -2.51. The smallest absolute Gasteiger partial charge is 0.409 e. The van der Waals surface area contributed by atoms with E-state index in [-0.39, 0.29) is 12.2 Å². The lowest BCUT2D eigenvalue weighted by atomic mass is 9.88. The second kappa shape index (κ2) is 9.43. The van der Waals surface area contributed by atoms with Crippen molar-refractivity contribution in [2.75, 3.05) is 19.7 Å². The lowest BCUT2D eigenvalue weighted by molar-refractivity contribution is -0.905. The average molecular weight is 378 g/mol. The number of nitrogens with one attached hydrogen (secondary N) is 1. The van der Waals surface area contributed by atoms with Gasteiger partial charge in [0.05, 0.1) is 13.2 Å². The molecule has 0 spiro atoms. The van der Waals surface area contributed by atoms with Crippen LogP contribution in [0, 0.1) is 5.92 Å². The maximum atomic E-state index is 11.9. The van der Waals surface area contributed by atoms with E-state index in [1.165, 1.54) is 12.4 Å². The minimum Gasteiger partial charge on any atom is -0.449 e. The van der Waals surface area contributed by atoms with Gasteiger partial charge < -0.3 is 19.7 Å². The van der Waals surface area contributed by atoms with Crippen LogP contribution in [-0.4, -0.2) is 48.1 Å². The number of nitrogens with zero attached hydrogens (tertiary/aromatic N) is 2. The zero-order valence-corrected chi connectivity index (χ0v) is 15.5. The quantitative estimate of drug-likeness (QED) is 0.606. The van der Waals surface area contributed by atoms with Crippen LogP contribution in [0.5, 0.6) is 0 Å². The standard InChI is InChI=1S/C19H27N3O5/c23-18(20-12-16-4-3-11-22(25)13-16)27-17-7-5-15(6-8-17)14-26-19(24)21-9-1-2-10-21/h3-4,11,13,15,17H,1-2,5-10,12,14H2,(H-,20,23,25)/p+1. The monoisotopic (exact) mass is 378 g/mol.